The van der Waals surface area contributed by atoms with Crippen molar-refractivity contribution in [3.63, 3.8) is 0 Å². The van der Waals surface area contributed by atoms with Crippen LogP contribution in [0.3, 0.4) is 0 Å². The summed E-state index contributed by atoms with van der Waals surface area (Å²) in [6, 6.07) is 0. The molecule has 0 aromatic heterocycles. The minimum atomic E-state index is -1.63. The Morgan fingerprint density at radius 2 is 1.94 bits per heavy atom. The van der Waals surface area contributed by atoms with Crippen molar-refractivity contribution in [1.29, 1.82) is 0 Å². The molecule has 0 amide bonds. The highest BCUT2D eigenvalue weighted by Gasteiger charge is 2.72. The van der Waals surface area contributed by atoms with E-state index in [4.69, 9.17) is 14.2 Å². The molecule has 2 bridgehead atoms. The quantitative estimate of drug-likeness (QED) is 0.725. The Morgan fingerprint density at radius 3 is 2.50 bits per heavy atom. The van der Waals surface area contributed by atoms with E-state index in [2.05, 4.69) is 0 Å². The van der Waals surface area contributed by atoms with Crippen LogP contribution < -0.4 is 0 Å². The van der Waals surface area contributed by atoms with Gasteiger partial charge in [-0.05, 0) is 27.2 Å². The van der Waals surface area contributed by atoms with Gasteiger partial charge < -0.3 is 14.2 Å². The van der Waals surface area contributed by atoms with E-state index >= 15 is 0 Å². The fraction of sp³-hybridized carbons (Fsp3) is 0.846. The molecule has 0 aromatic carbocycles. The van der Waals surface area contributed by atoms with Crippen LogP contribution in [-0.4, -0.2) is 30.2 Å². The first kappa shape index (κ1) is 12.5. The number of halogens is 2. The fourth-order valence-corrected chi connectivity index (χ4v) is 3.89. The van der Waals surface area contributed by atoms with E-state index in [1.54, 1.807) is 0 Å². The average molecular weight is 260 g/mol. The van der Waals surface area contributed by atoms with Crippen molar-refractivity contribution in [3.8, 4) is 0 Å². The zero-order chi connectivity index (χ0) is 13.3. The zero-order valence-corrected chi connectivity index (χ0v) is 11.0. The van der Waals surface area contributed by atoms with E-state index in [0.29, 0.717) is 6.42 Å². The molecular weight excluding hydrogens is 242 g/mol. The summed E-state index contributed by atoms with van der Waals surface area (Å²) in [5.74, 6) is -0.722. The van der Waals surface area contributed by atoms with Gasteiger partial charge in [-0.15, -0.1) is 0 Å². The first-order valence-corrected chi connectivity index (χ1v) is 6.40. The summed E-state index contributed by atoms with van der Waals surface area (Å²) >= 11 is 0. The number of hydrogen-bond acceptors (Lipinski definition) is 3. The lowest BCUT2D eigenvalue weighted by Crippen LogP contribution is -2.47. The lowest BCUT2D eigenvalue weighted by molar-refractivity contribution is -0.158. The second-order valence-electron chi connectivity index (χ2n) is 5.79. The summed E-state index contributed by atoms with van der Waals surface area (Å²) in [4.78, 5) is 0. The number of ether oxygens (including phenoxy) is 3. The number of rotatable bonds is 1. The Morgan fingerprint density at radius 1 is 1.28 bits per heavy atom. The molecule has 2 aliphatic heterocycles. The predicted molar refractivity (Wildman–Crippen MR) is 60.1 cm³/mol. The summed E-state index contributed by atoms with van der Waals surface area (Å²) < 4.78 is 43.9. The van der Waals surface area contributed by atoms with Gasteiger partial charge in [0.15, 0.2) is 5.79 Å². The van der Waals surface area contributed by atoms with Crippen LogP contribution in [0.2, 0.25) is 0 Å². The standard InChI is InChI=1S/C13H18F2O3/c1-5-13-6(2)16-8(7(13)11(14)15)9-10(13)18-12(3,4)17-9/h6,8-10H,5H2,1-4H3/t6-,8+,9+,10+,13-/m1/s1. The van der Waals surface area contributed by atoms with Crippen molar-refractivity contribution in [3.05, 3.63) is 11.7 Å². The second-order valence-corrected chi connectivity index (χ2v) is 5.79. The third-order valence-corrected chi connectivity index (χ3v) is 4.59. The van der Waals surface area contributed by atoms with Gasteiger partial charge in [0.1, 0.15) is 18.3 Å². The van der Waals surface area contributed by atoms with E-state index in [-0.39, 0.29) is 17.8 Å². The van der Waals surface area contributed by atoms with Crippen molar-refractivity contribution in [2.24, 2.45) is 5.41 Å². The largest absolute Gasteiger partial charge is 0.367 e. The van der Waals surface area contributed by atoms with Gasteiger partial charge >= 0.3 is 0 Å². The summed E-state index contributed by atoms with van der Waals surface area (Å²) in [7, 11) is 0. The van der Waals surface area contributed by atoms with E-state index in [1.807, 2.05) is 27.7 Å². The van der Waals surface area contributed by atoms with Crippen LogP contribution in [0.15, 0.2) is 11.7 Å². The fourth-order valence-electron chi connectivity index (χ4n) is 3.89. The van der Waals surface area contributed by atoms with Gasteiger partial charge in [-0.1, -0.05) is 6.92 Å². The molecule has 2 saturated heterocycles. The molecule has 3 nitrogen and oxygen atoms in total. The van der Waals surface area contributed by atoms with Gasteiger partial charge in [0, 0.05) is 5.57 Å². The van der Waals surface area contributed by atoms with Gasteiger partial charge in [-0.2, -0.15) is 8.78 Å². The Bertz CT molecular complexity index is 416. The SMILES string of the molecule is CC[C@]12C(=C(F)F)[C@H](O[C@@H]1C)[C@@H]1OC(C)(C)O[C@@H]12. The maximum absolute atomic E-state index is 13.3. The van der Waals surface area contributed by atoms with Gasteiger partial charge in [-0.25, -0.2) is 0 Å². The molecule has 0 radical (unpaired) electrons. The third-order valence-electron chi connectivity index (χ3n) is 4.59. The summed E-state index contributed by atoms with van der Waals surface area (Å²) in [6.45, 7) is 7.38. The molecule has 3 rings (SSSR count). The van der Waals surface area contributed by atoms with E-state index in [0.717, 1.165) is 0 Å². The second kappa shape index (κ2) is 3.52. The Hall–Kier alpha value is -0.520. The summed E-state index contributed by atoms with van der Waals surface area (Å²) in [6.07, 6.45) is -2.72. The van der Waals surface area contributed by atoms with Crippen LogP contribution in [0, 0.1) is 5.41 Å². The lowest BCUT2D eigenvalue weighted by atomic mass is 9.74. The number of fused-ring (bicyclic) bond motifs is 5. The molecule has 2 heterocycles. The first-order valence-electron chi connectivity index (χ1n) is 6.40. The molecule has 0 aromatic rings. The van der Waals surface area contributed by atoms with Crippen LogP contribution in [-0.2, 0) is 14.2 Å². The molecule has 102 valence electrons. The van der Waals surface area contributed by atoms with Crippen molar-refractivity contribution in [2.75, 3.05) is 0 Å². The highest BCUT2D eigenvalue weighted by Crippen LogP contribution is 2.62. The molecule has 0 N–H and O–H groups in total. The number of hydrogen-bond donors (Lipinski definition) is 0. The Kier molecular flexibility index (Phi) is 2.45. The van der Waals surface area contributed by atoms with Gasteiger partial charge in [0.05, 0.1) is 11.5 Å². The molecule has 0 spiro atoms. The molecule has 5 heteroatoms. The lowest BCUT2D eigenvalue weighted by Gasteiger charge is -2.37. The molecule has 3 fully saturated rings. The van der Waals surface area contributed by atoms with Crippen LogP contribution in [0.4, 0.5) is 8.78 Å². The summed E-state index contributed by atoms with van der Waals surface area (Å²) in [5, 5.41) is 0. The van der Waals surface area contributed by atoms with Gasteiger partial charge in [0.2, 0.25) is 0 Å². The molecule has 5 atom stereocenters. The minimum Gasteiger partial charge on any atom is -0.367 e. The summed E-state index contributed by atoms with van der Waals surface area (Å²) in [5.41, 5.74) is -0.634. The zero-order valence-electron chi connectivity index (χ0n) is 11.0. The Balaban J connectivity index is 2.11. The van der Waals surface area contributed by atoms with Crippen LogP contribution in [0.25, 0.3) is 0 Å². The smallest absolute Gasteiger partial charge is 0.272 e. The minimum absolute atomic E-state index is 0.1000. The Labute approximate surface area is 105 Å². The van der Waals surface area contributed by atoms with Crippen LogP contribution in [0.5, 0.6) is 0 Å². The highest BCUT2D eigenvalue weighted by atomic mass is 19.3. The molecule has 1 saturated carbocycles. The molecule has 1 aliphatic carbocycles. The third kappa shape index (κ3) is 1.27. The molecule has 3 aliphatic rings. The van der Waals surface area contributed by atoms with Crippen molar-refractivity contribution in [1.82, 2.24) is 0 Å². The molecular formula is C13H18F2O3. The monoisotopic (exact) mass is 260 g/mol. The predicted octanol–water partition coefficient (Wildman–Crippen LogP) is 2.85. The normalized spacial score (nSPS) is 48.7. The van der Waals surface area contributed by atoms with E-state index in [9.17, 15) is 8.78 Å². The van der Waals surface area contributed by atoms with E-state index in [1.165, 1.54) is 0 Å². The molecule has 18 heavy (non-hydrogen) atoms. The van der Waals surface area contributed by atoms with Crippen LogP contribution in [0.1, 0.15) is 34.1 Å². The maximum atomic E-state index is 13.3. The molecule has 0 unspecified atom stereocenters. The average Bonchev–Trinajstić information content (AvgIpc) is 2.80. The highest BCUT2D eigenvalue weighted by molar-refractivity contribution is 5.38. The topological polar surface area (TPSA) is 27.7 Å². The van der Waals surface area contributed by atoms with E-state index < -0.39 is 29.5 Å². The van der Waals surface area contributed by atoms with Gasteiger partial charge in [0.25, 0.3) is 6.08 Å². The van der Waals surface area contributed by atoms with Crippen molar-refractivity contribution in [2.45, 2.75) is 64.3 Å². The van der Waals surface area contributed by atoms with Crippen LogP contribution >= 0.6 is 0 Å². The van der Waals surface area contributed by atoms with Crippen molar-refractivity contribution < 1.29 is 23.0 Å². The maximum Gasteiger partial charge on any atom is 0.272 e. The first-order chi connectivity index (χ1) is 8.33. The van der Waals surface area contributed by atoms with Crippen molar-refractivity contribution >= 4 is 0 Å². The van der Waals surface area contributed by atoms with Gasteiger partial charge in [-0.3, -0.25) is 0 Å².